The van der Waals surface area contributed by atoms with Crippen molar-refractivity contribution in [1.29, 1.82) is 0 Å². The summed E-state index contributed by atoms with van der Waals surface area (Å²) < 4.78 is 6.32. The number of nitrogens with two attached hydrogens (primary N) is 1. The average Bonchev–Trinajstić information content (AvgIpc) is 2.85. The van der Waals surface area contributed by atoms with Gasteiger partial charge in [-0.1, -0.05) is 40.5 Å². The van der Waals surface area contributed by atoms with E-state index in [0.717, 1.165) is 22.9 Å². The summed E-state index contributed by atoms with van der Waals surface area (Å²) in [5.74, 6) is 1.39. The van der Waals surface area contributed by atoms with E-state index < -0.39 is 0 Å². The van der Waals surface area contributed by atoms with Crippen molar-refractivity contribution in [3.05, 3.63) is 34.1 Å². The Morgan fingerprint density at radius 2 is 2.21 bits per heavy atom. The first kappa shape index (κ1) is 14.2. The molecule has 0 aliphatic carbocycles. The SMILES string of the molecule is CCCC(CN)c1nc(-c2ccc(C)cc2Br)no1. The molecule has 102 valence electrons. The smallest absolute Gasteiger partial charge is 0.231 e. The molecule has 0 saturated heterocycles. The van der Waals surface area contributed by atoms with E-state index in [1.165, 1.54) is 5.56 Å². The van der Waals surface area contributed by atoms with Crippen LogP contribution in [0.15, 0.2) is 27.2 Å². The maximum absolute atomic E-state index is 5.75. The Morgan fingerprint density at radius 1 is 1.42 bits per heavy atom. The fourth-order valence-corrected chi connectivity index (χ4v) is 2.67. The Labute approximate surface area is 121 Å². The second kappa shape index (κ2) is 6.30. The summed E-state index contributed by atoms with van der Waals surface area (Å²) in [5.41, 5.74) is 7.87. The van der Waals surface area contributed by atoms with Gasteiger partial charge in [-0.05, 0) is 31.0 Å². The van der Waals surface area contributed by atoms with Crippen molar-refractivity contribution in [3.63, 3.8) is 0 Å². The van der Waals surface area contributed by atoms with Crippen LogP contribution in [0.1, 0.15) is 37.1 Å². The molecule has 1 aromatic carbocycles. The third-order valence-corrected chi connectivity index (χ3v) is 3.73. The second-order valence-corrected chi connectivity index (χ2v) is 5.52. The molecule has 0 spiro atoms. The lowest BCUT2D eigenvalue weighted by Gasteiger charge is -2.06. The maximum atomic E-state index is 5.75. The van der Waals surface area contributed by atoms with E-state index in [-0.39, 0.29) is 5.92 Å². The average molecular weight is 324 g/mol. The highest BCUT2D eigenvalue weighted by atomic mass is 79.9. The minimum atomic E-state index is 0.149. The van der Waals surface area contributed by atoms with Crippen molar-refractivity contribution < 1.29 is 4.52 Å². The van der Waals surface area contributed by atoms with Crippen LogP contribution in [0.2, 0.25) is 0 Å². The Hall–Kier alpha value is -1.20. The van der Waals surface area contributed by atoms with Crippen molar-refractivity contribution in [1.82, 2.24) is 10.1 Å². The Balaban J connectivity index is 2.29. The molecule has 4 nitrogen and oxygen atoms in total. The standard InChI is InChI=1S/C14H18BrN3O/c1-3-4-10(8-16)14-17-13(18-19-14)11-6-5-9(2)7-12(11)15/h5-7,10H,3-4,8,16H2,1-2H3. The predicted molar refractivity (Wildman–Crippen MR) is 78.9 cm³/mol. The summed E-state index contributed by atoms with van der Waals surface area (Å²) >= 11 is 3.53. The first-order valence-corrected chi connectivity index (χ1v) is 7.25. The van der Waals surface area contributed by atoms with Crippen molar-refractivity contribution in [3.8, 4) is 11.4 Å². The van der Waals surface area contributed by atoms with Crippen molar-refractivity contribution >= 4 is 15.9 Å². The van der Waals surface area contributed by atoms with E-state index in [9.17, 15) is 0 Å². The predicted octanol–water partition coefficient (Wildman–Crippen LogP) is 3.65. The van der Waals surface area contributed by atoms with Crippen LogP contribution in [-0.2, 0) is 0 Å². The van der Waals surface area contributed by atoms with Gasteiger partial charge in [0.15, 0.2) is 0 Å². The number of benzene rings is 1. The van der Waals surface area contributed by atoms with E-state index >= 15 is 0 Å². The van der Waals surface area contributed by atoms with Crippen LogP contribution < -0.4 is 5.73 Å². The number of nitrogens with zero attached hydrogens (tertiary/aromatic N) is 2. The third-order valence-electron chi connectivity index (χ3n) is 3.08. The van der Waals surface area contributed by atoms with Crippen LogP contribution in [-0.4, -0.2) is 16.7 Å². The number of halogens is 1. The molecule has 2 rings (SSSR count). The molecule has 0 radical (unpaired) electrons. The van der Waals surface area contributed by atoms with Crippen LogP contribution in [0.4, 0.5) is 0 Å². The number of hydrogen-bond acceptors (Lipinski definition) is 4. The van der Waals surface area contributed by atoms with Gasteiger partial charge in [0.1, 0.15) is 0 Å². The molecule has 2 N–H and O–H groups in total. The Bertz CT molecular complexity index is 553. The fourth-order valence-electron chi connectivity index (χ4n) is 2.00. The molecule has 19 heavy (non-hydrogen) atoms. The molecule has 0 bridgehead atoms. The molecule has 1 atom stereocenters. The molecular formula is C14H18BrN3O. The highest BCUT2D eigenvalue weighted by Crippen LogP contribution is 2.28. The maximum Gasteiger partial charge on any atom is 0.231 e. The number of hydrogen-bond donors (Lipinski definition) is 1. The minimum absolute atomic E-state index is 0.149. The molecule has 1 unspecified atom stereocenters. The quantitative estimate of drug-likeness (QED) is 0.912. The normalized spacial score (nSPS) is 12.6. The number of aryl methyl sites for hydroxylation is 1. The van der Waals surface area contributed by atoms with Crippen LogP contribution >= 0.6 is 15.9 Å². The zero-order valence-electron chi connectivity index (χ0n) is 11.2. The summed E-state index contributed by atoms with van der Waals surface area (Å²) in [4.78, 5) is 4.47. The molecule has 0 amide bonds. The largest absolute Gasteiger partial charge is 0.339 e. The molecule has 2 aromatic rings. The summed E-state index contributed by atoms with van der Waals surface area (Å²) in [6.07, 6.45) is 2.01. The molecule has 0 fully saturated rings. The van der Waals surface area contributed by atoms with Crippen LogP contribution in [0, 0.1) is 6.92 Å². The van der Waals surface area contributed by atoms with E-state index in [4.69, 9.17) is 10.3 Å². The van der Waals surface area contributed by atoms with Gasteiger partial charge in [0.2, 0.25) is 11.7 Å². The Morgan fingerprint density at radius 3 is 2.84 bits per heavy atom. The van der Waals surface area contributed by atoms with Gasteiger partial charge in [-0.3, -0.25) is 0 Å². The highest BCUT2D eigenvalue weighted by molar-refractivity contribution is 9.10. The first-order chi connectivity index (χ1) is 9.15. The number of aromatic nitrogens is 2. The summed E-state index contributed by atoms with van der Waals surface area (Å²) in [5, 5.41) is 4.06. The molecule has 0 saturated carbocycles. The molecule has 5 heteroatoms. The summed E-state index contributed by atoms with van der Waals surface area (Å²) in [6, 6.07) is 6.06. The summed E-state index contributed by atoms with van der Waals surface area (Å²) in [6.45, 7) is 4.70. The van der Waals surface area contributed by atoms with Gasteiger partial charge in [-0.2, -0.15) is 4.98 Å². The van der Waals surface area contributed by atoms with Gasteiger partial charge in [0, 0.05) is 16.6 Å². The van der Waals surface area contributed by atoms with E-state index in [2.05, 4.69) is 33.0 Å². The van der Waals surface area contributed by atoms with Crippen LogP contribution in [0.3, 0.4) is 0 Å². The van der Waals surface area contributed by atoms with Crippen molar-refractivity contribution in [2.45, 2.75) is 32.6 Å². The second-order valence-electron chi connectivity index (χ2n) is 4.66. The zero-order valence-corrected chi connectivity index (χ0v) is 12.8. The third kappa shape index (κ3) is 3.22. The lowest BCUT2D eigenvalue weighted by atomic mass is 10.0. The van der Waals surface area contributed by atoms with Gasteiger partial charge in [-0.15, -0.1) is 0 Å². The molecule has 1 aromatic heterocycles. The van der Waals surface area contributed by atoms with Gasteiger partial charge >= 0.3 is 0 Å². The zero-order chi connectivity index (χ0) is 13.8. The van der Waals surface area contributed by atoms with E-state index in [1.54, 1.807) is 0 Å². The van der Waals surface area contributed by atoms with Gasteiger partial charge in [-0.25, -0.2) is 0 Å². The molecule has 0 aliphatic rings. The Kier molecular flexibility index (Phi) is 4.71. The van der Waals surface area contributed by atoms with Gasteiger partial charge in [0.05, 0.1) is 5.92 Å². The van der Waals surface area contributed by atoms with Crippen LogP contribution in [0.25, 0.3) is 11.4 Å². The number of rotatable bonds is 5. The van der Waals surface area contributed by atoms with E-state index in [1.807, 2.05) is 25.1 Å². The monoisotopic (exact) mass is 323 g/mol. The van der Waals surface area contributed by atoms with Crippen LogP contribution in [0.5, 0.6) is 0 Å². The van der Waals surface area contributed by atoms with E-state index in [0.29, 0.717) is 18.3 Å². The van der Waals surface area contributed by atoms with Crippen molar-refractivity contribution in [2.75, 3.05) is 6.54 Å². The first-order valence-electron chi connectivity index (χ1n) is 6.46. The summed E-state index contributed by atoms with van der Waals surface area (Å²) in [7, 11) is 0. The highest BCUT2D eigenvalue weighted by Gasteiger charge is 2.18. The molecular weight excluding hydrogens is 306 g/mol. The molecule has 0 aliphatic heterocycles. The molecule has 1 heterocycles. The van der Waals surface area contributed by atoms with Gasteiger partial charge in [0.25, 0.3) is 0 Å². The fraction of sp³-hybridized carbons (Fsp3) is 0.429. The lowest BCUT2D eigenvalue weighted by Crippen LogP contribution is -2.12. The lowest BCUT2D eigenvalue weighted by molar-refractivity contribution is 0.347. The topological polar surface area (TPSA) is 64.9 Å². The van der Waals surface area contributed by atoms with Crippen molar-refractivity contribution in [2.24, 2.45) is 5.73 Å². The van der Waals surface area contributed by atoms with Gasteiger partial charge < -0.3 is 10.3 Å². The minimum Gasteiger partial charge on any atom is -0.339 e.